The van der Waals surface area contributed by atoms with Crippen LogP contribution < -0.4 is 14.8 Å². The van der Waals surface area contributed by atoms with Crippen LogP contribution in [0.2, 0.25) is 5.02 Å². The third kappa shape index (κ3) is 5.43. The van der Waals surface area contributed by atoms with E-state index in [1.54, 1.807) is 12.1 Å². The second-order valence-corrected chi connectivity index (χ2v) is 8.12. The molecule has 0 aliphatic rings. The first-order valence-corrected chi connectivity index (χ1v) is 11.4. The molecule has 0 unspecified atom stereocenters. The highest BCUT2D eigenvalue weighted by molar-refractivity contribution is 6.31. The SMILES string of the molecule is CCOc1ccc(OCc2ccc(C(=O)Nc3c(C)nn(Cc4ccccc4Cl)c3C)o2)cc1. The number of nitrogens with zero attached hydrogens (tertiary/aromatic N) is 2. The summed E-state index contributed by atoms with van der Waals surface area (Å²) in [5.41, 5.74) is 3.15. The summed E-state index contributed by atoms with van der Waals surface area (Å²) in [5.74, 6) is 1.86. The monoisotopic (exact) mass is 479 g/mol. The van der Waals surface area contributed by atoms with Gasteiger partial charge in [-0.05, 0) is 68.8 Å². The summed E-state index contributed by atoms with van der Waals surface area (Å²) in [4.78, 5) is 12.8. The summed E-state index contributed by atoms with van der Waals surface area (Å²) in [6.45, 7) is 7.02. The van der Waals surface area contributed by atoms with Crippen molar-refractivity contribution in [2.24, 2.45) is 0 Å². The van der Waals surface area contributed by atoms with Gasteiger partial charge < -0.3 is 19.2 Å². The molecule has 4 rings (SSSR count). The molecular weight excluding hydrogens is 454 g/mol. The smallest absolute Gasteiger partial charge is 0.291 e. The van der Waals surface area contributed by atoms with Crippen LogP contribution in [0.3, 0.4) is 0 Å². The van der Waals surface area contributed by atoms with E-state index in [1.165, 1.54) is 0 Å². The second-order valence-electron chi connectivity index (χ2n) is 7.71. The number of hydrogen-bond acceptors (Lipinski definition) is 5. The predicted octanol–water partition coefficient (Wildman–Crippen LogP) is 6.02. The van der Waals surface area contributed by atoms with Crippen molar-refractivity contribution >= 4 is 23.2 Å². The summed E-state index contributed by atoms with van der Waals surface area (Å²) in [6.07, 6.45) is 0. The maximum absolute atomic E-state index is 12.8. The molecule has 0 atom stereocenters. The van der Waals surface area contributed by atoms with Crippen LogP contribution in [0.1, 0.15) is 40.2 Å². The van der Waals surface area contributed by atoms with Crippen molar-refractivity contribution in [3.8, 4) is 11.5 Å². The quantitative estimate of drug-likeness (QED) is 0.317. The van der Waals surface area contributed by atoms with Gasteiger partial charge in [0.2, 0.25) is 0 Å². The van der Waals surface area contributed by atoms with E-state index in [2.05, 4.69) is 10.4 Å². The number of furan rings is 1. The Morgan fingerprint density at radius 2 is 1.74 bits per heavy atom. The van der Waals surface area contributed by atoms with Crippen molar-refractivity contribution in [2.45, 2.75) is 33.9 Å². The topological polar surface area (TPSA) is 78.5 Å². The Labute approximate surface area is 203 Å². The van der Waals surface area contributed by atoms with Gasteiger partial charge in [0.25, 0.3) is 5.91 Å². The normalized spacial score (nSPS) is 10.8. The zero-order valence-electron chi connectivity index (χ0n) is 19.3. The third-order valence-electron chi connectivity index (χ3n) is 5.30. The maximum Gasteiger partial charge on any atom is 0.291 e. The van der Waals surface area contributed by atoms with Crippen LogP contribution >= 0.6 is 11.6 Å². The first-order chi connectivity index (χ1) is 16.4. The van der Waals surface area contributed by atoms with Gasteiger partial charge in [0.05, 0.1) is 30.2 Å². The van der Waals surface area contributed by atoms with E-state index in [0.717, 1.165) is 17.0 Å². The van der Waals surface area contributed by atoms with Gasteiger partial charge in [-0.25, -0.2) is 0 Å². The minimum absolute atomic E-state index is 0.197. The molecule has 0 radical (unpaired) electrons. The predicted molar refractivity (Wildman–Crippen MR) is 131 cm³/mol. The first kappa shape index (κ1) is 23.4. The van der Waals surface area contributed by atoms with Gasteiger partial charge in [-0.2, -0.15) is 5.10 Å². The third-order valence-corrected chi connectivity index (χ3v) is 5.67. The van der Waals surface area contributed by atoms with Crippen molar-refractivity contribution in [2.75, 3.05) is 11.9 Å². The Morgan fingerprint density at radius 1 is 1.03 bits per heavy atom. The van der Waals surface area contributed by atoms with Crippen molar-refractivity contribution < 1.29 is 18.7 Å². The lowest BCUT2D eigenvalue weighted by Gasteiger charge is -2.08. The Bertz CT molecular complexity index is 1280. The number of halogens is 1. The van der Waals surface area contributed by atoms with E-state index in [0.29, 0.717) is 41.1 Å². The molecule has 0 aliphatic heterocycles. The Hall–Kier alpha value is -3.71. The van der Waals surface area contributed by atoms with E-state index in [1.807, 2.05) is 74.0 Å². The molecule has 1 amide bonds. The van der Waals surface area contributed by atoms with E-state index < -0.39 is 0 Å². The summed E-state index contributed by atoms with van der Waals surface area (Å²) < 4.78 is 18.7. The summed E-state index contributed by atoms with van der Waals surface area (Å²) in [5, 5.41) is 8.16. The highest BCUT2D eigenvalue weighted by Crippen LogP contribution is 2.24. The average Bonchev–Trinajstić information content (AvgIpc) is 3.41. The Balaban J connectivity index is 1.39. The molecule has 1 N–H and O–H groups in total. The lowest BCUT2D eigenvalue weighted by molar-refractivity contribution is 0.0992. The zero-order valence-corrected chi connectivity index (χ0v) is 20.1. The van der Waals surface area contributed by atoms with Gasteiger partial charge in [0.1, 0.15) is 23.9 Å². The summed E-state index contributed by atoms with van der Waals surface area (Å²) in [6, 6.07) is 18.3. The van der Waals surface area contributed by atoms with Crippen molar-refractivity contribution in [1.82, 2.24) is 9.78 Å². The maximum atomic E-state index is 12.8. The number of benzene rings is 2. The fourth-order valence-electron chi connectivity index (χ4n) is 3.53. The average molecular weight is 480 g/mol. The Morgan fingerprint density at radius 3 is 2.44 bits per heavy atom. The first-order valence-electron chi connectivity index (χ1n) is 11.0. The van der Waals surface area contributed by atoms with Gasteiger partial charge in [0, 0.05) is 5.02 Å². The van der Waals surface area contributed by atoms with Crippen LogP contribution in [-0.2, 0) is 13.2 Å². The van der Waals surface area contributed by atoms with Gasteiger partial charge in [-0.1, -0.05) is 29.8 Å². The molecule has 7 nitrogen and oxygen atoms in total. The standard InChI is InChI=1S/C26H26ClN3O4/c1-4-32-20-9-11-21(12-10-20)33-16-22-13-14-24(34-22)26(31)28-25-17(2)29-30(18(25)3)15-19-7-5-6-8-23(19)27/h5-14H,4,15-16H2,1-3H3,(H,28,31). The molecule has 34 heavy (non-hydrogen) atoms. The van der Waals surface area contributed by atoms with Crippen LogP contribution in [0.25, 0.3) is 0 Å². The molecule has 0 aliphatic carbocycles. The van der Waals surface area contributed by atoms with Gasteiger partial charge in [0.15, 0.2) is 5.76 Å². The number of anilines is 1. The second kappa shape index (κ2) is 10.5. The van der Waals surface area contributed by atoms with E-state index in [4.69, 9.17) is 25.5 Å². The highest BCUT2D eigenvalue weighted by atomic mass is 35.5. The van der Waals surface area contributed by atoms with Gasteiger partial charge >= 0.3 is 0 Å². The zero-order chi connectivity index (χ0) is 24.1. The number of nitrogens with one attached hydrogen (secondary N) is 1. The number of rotatable bonds is 9. The lowest BCUT2D eigenvalue weighted by Crippen LogP contribution is -2.12. The minimum atomic E-state index is -0.351. The highest BCUT2D eigenvalue weighted by Gasteiger charge is 2.18. The largest absolute Gasteiger partial charge is 0.494 e. The number of ether oxygens (including phenoxy) is 2. The number of aryl methyl sites for hydroxylation is 1. The molecule has 8 heteroatoms. The molecule has 2 aromatic heterocycles. The van der Waals surface area contributed by atoms with E-state index in [9.17, 15) is 4.79 Å². The number of carbonyl (C=O) groups is 1. The molecule has 2 heterocycles. The van der Waals surface area contributed by atoms with Crippen molar-refractivity contribution in [1.29, 1.82) is 0 Å². The number of hydrogen-bond donors (Lipinski definition) is 1. The van der Waals surface area contributed by atoms with Crippen LogP contribution in [0.5, 0.6) is 11.5 Å². The molecule has 2 aromatic carbocycles. The van der Waals surface area contributed by atoms with E-state index >= 15 is 0 Å². The number of aromatic nitrogens is 2. The molecule has 0 saturated carbocycles. The number of amides is 1. The molecule has 0 fully saturated rings. The number of carbonyl (C=O) groups excluding carboxylic acids is 1. The lowest BCUT2D eigenvalue weighted by atomic mass is 10.2. The fourth-order valence-corrected chi connectivity index (χ4v) is 3.72. The Kier molecular flexibility index (Phi) is 7.23. The molecule has 0 spiro atoms. The van der Waals surface area contributed by atoms with Gasteiger partial charge in [-0.15, -0.1) is 0 Å². The van der Waals surface area contributed by atoms with Gasteiger partial charge in [-0.3, -0.25) is 9.48 Å². The van der Waals surface area contributed by atoms with Crippen molar-refractivity contribution in [3.63, 3.8) is 0 Å². The molecule has 4 aromatic rings. The summed E-state index contributed by atoms with van der Waals surface area (Å²) >= 11 is 6.29. The van der Waals surface area contributed by atoms with Crippen LogP contribution in [0, 0.1) is 13.8 Å². The van der Waals surface area contributed by atoms with Crippen molar-refractivity contribution in [3.05, 3.63) is 94.2 Å². The molecular formula is C26H26ClN3O4. The van der Waals surface area contributed by atoms with Crippen LogP contribution in [0.15, 0.2) is 65.1 Å². The molecule has 176 valence electrons. The van der Waals surface area contributed by atoms with E-state index in [-0.39, 0.29) is 18.3 Å². The molecule has 0 bridgehead atoms. The molecule has 0 saturated heterocycles. The van der Waals surface area contributed by atoms with Crippen LogP contribution in [-0.4, -0.2) is 22.3 Å². The minimum Gasteiger partial charge on any atom is -0.494 e. The summed E-state index contributed by atoms with van der Waals surface area (Å²) in [7, 11) is 0. The fraction of sp³-hybridized carbons (Fsp3) is 0.231. The van der Waals surface area contributed by atoms with Crippen LogP contribution in [0.4, 0.5) is 5.69 Å².